The second-order valence-electron chi connectivity index (χ2n) is 3.55. The molecule has 1 aromatic rings. The summed E-state index contributed by atoms with van der Waals surface area (Å²) >= 11 is 0. The molecule has 17 heavy (non-hydrogen) atoms. The normalized spacial score (nSPS) is 11.9. The maximum absolute atomic E-state index is 10.9. The first-order valence-electron chi connectivity index (χ1n) is 5.57. The van der Waals surface area contributed by atoms with Gasteiger partial charge in [-0.25, -0.2) is 0 Å². The Labute approximate surface area is 101 Å². The van der Waals surface area contributed by atoms with E-state index in [9.17, 15) is 4.79 Å². The molecule has 1 aromatic carbocycles. The maximum Gasteiger partial charge on any atom is 0.304 e. The summed E-state index contributed by atoms with van der Waals surface area (Å²) < 4.78 is 15.5. The van der Waals surface area contributed by atoms with Crippen molar-refractivity contribution in [2.45, 2.75) is 26.6 Å². The number of carbonyl (C=O) groups is 1. The number of hydrogen-bond donors (Lipinski definition) is 0. The lowest BCUT2D eigenvalue weighted by atomic mass is 10.1. The zero-order valence-corrected chi connectivity index (χ0v) is 10.4. The molecule has 94 valence electrons. The lowest BCUT2D eigenvalue weighted by Crippen LogP contribution is -2.22. The highest BCUT2D eigenvalue weighted by atomic mass is 16.7. The van der Waals surface area contributed by atoms with Crippen molar-refractivity contribution in [2.75, 3.05) is 13.7 Å². The molecule has 4 nitrogen and oxygen atoms in total. The predicted octanol–water partition coefficient (Wildman–Crippen LogP) is 2.16. The van der Waals surface area contributed by atoms with Crippen molar-refractivity contribution in [2.24, 2.45) is 0 Å². The van der Waals surface area contributed by atoms with Crippen molar-refractivity contribution in [1.82, 2.24) is 0 Å². The van der Waals surface area contributed by atoms with E-state index in [0.717, 1.165) is 11.3 Å². The smallest absolute Gasteiger partial charge is 0.304 e. The van der Waals surface area contributed by atoms with E-state index < -0.39 is 6.29 Å². The number of benzene rings is 1. The summed E-state index contributed by atoms with van der Waals surface area (Å²) in [6.07, 6.45) is 0.0168. The quantitative estimate of drug-likeness (QED) is 0.562. The van der Waals surface area contributed by atoms with E-state index in [1.54, 1.807) is 7.11 Å². The largest absolute Gasteiger partial charge is 0.497 e. The number of esters is 1. The molecular formula is C13H18O4. The van der Waals surface area contributed by atoms with E-state index in [0.29, 0.717) is 13.0 Å². The summed E-state index contributed by atoms with van der Waals surface area (Å²) in [5.41, 5.74) is 1.03. The minimum absolute atomic E-state index is 0.336. The Balaban J connectivity index is 2.61. The van der Waals surface area contributed by atoms with Crippen molar-refractivity contribution in [3.8, 4) is 5.75 Å². The van der Waals surface area contributed by atoms with Crippen molar-refractivity contribution in [3.63, 3.8) is 0 Å². The molecule has 0 spiro atoms. The van der Waals surface area contributed by atoms with Crippen molar-refractivity contribution in [3.05, 3.63) is 29.8 Å². The highest BCUT2D eigenvalue weighted by Crippen LogP contribution is 2.14. The summed E-state index contributed by atoms with van der Waals surface area (Å²) in [6, 6.07) is 7.58. The van der Waals surface area contributed by atoms with Crippen LogP contribution in [-0.4, -0.2) is 26.0 Å². The molecule has 0 heterocycles. The van der Waals surface area contributed by atoms with Gasteiger partial charge in [-0.1, -0.05) is 12.1 Å². The molecule has 0 aliphatic carbocycles. The Hall–Kier alpha value is -1.55. The second kappa shape index (κ2) is 6.91. The summed E-state index contributed by atoms with van der Waals surface area (Å²) in [5.74, 6) is 0.464. The van der Waals surface area contributed by atoms with Crippen LogP contribution in [0.5, 0.6) is 5.75 Å². The minimum atomic E-state index is -0.522. The Morgan fingerprint density at radius 2 is 1.94 bits per heavy atom. The molecule has 0 amide bonds. The molecule has 0 radical (unpaired) electrons. The number of ether oxygens (including phenoxy) is 3. The molecule has 4 heteroatoms. The molecule has 0 bridgehead atoms. The fourth-order valence-electron chi connectivity index (χ4n) is 1.46. The molecule has 0 aliphatic heterocycles. The van der Waals surface area contributed by atoms with Crippen LogP contribution < -0.4 is 4.74 Å². The average Bonchev–Trinajstić information content (AvgIpc) is 2.29. The predicted molar refractivity (Wildman–Crippen MR) is 63.9 cm³/mol. The molecule has 1 atom stereocenters. The Morgan fingerprint density at radius 1 is 1.29 bits per heavy atom. The van der Waals surface area contributed by atoms with Crippen LogP contribution in [0.1, 0.15) is 19.4 Å². The topological polar surface area (TPSA) is 44.8 Å². The standard InChI is InChI=1S/C13H18O4/c1-4-16-13(17-10(2)14)9-11-5-7-12(15-3)8-6-11/h5-8,13H,4,9H2,1-3H3. The third-order valence-corrected chi connectivity index (χ3v) is 2.21. The van der Waals surface area contributed by atoms with Gasteiger partial charge < -0.3 is 14.2 Å². The van der Waals surface area contributed by atoms with Crippen molar-refractivity contribution in [1.29, 1.82) is 0 Å². The molecule has 1 rings (SSSR count). The molecule has 0 aliphatic rings. The summed E-state index contributed by atoms with van der Waals surface area (Å²) in [5, 5.41) is 0. The fraction of sp³-hybridized carbons (Fsp3) is 0.462. The zero-order valence-electron chi connectivity index (χ0n) is 10.4. The summed E-state index contributed by atoms with van der Waals surface area (Å²) in [7, 11) is 1.62. The summed E-state index contributed by atoms with van der Waals surface area (Å²) in [6.45, 7) is 3.75. The van der Waals surface area contributed by atoms with Crippen LogP contribution in [0.15, 0.2) is 24.3 Å². The second-order valence-corrected chi connectivity index (χ2v) is 3.55. The first-order chi connectivity index (χ1) is 8.15. The summed E-state index contributed by atoms with van der Waals surface area (Å²) in [4.78, 5) is 10.9. The lowest BCUT2D eigenvalue weighted by Gasteiger charge is -2.16. The van der Waals surface area contributed by atoms with E-state index in [2.05, 4.69) is 0 Å². The molecule has 0 aromatic heterocycles. The van der Waals surface area contributed by atoms with Crippen LogP contribution in [0.4, 0.5) is 0 Å². The first-order valence-corrected chi connectivity index (χ1v) is 5.57. The first kappa shape index (κ1) is 13.5. The van der Waals surface area contributed by atoms with Crippen LogP contribution >= 0.6 is 0 Å². The van der Waals surface area contributed by atoms with Crippen LogP contribution in [0.3, 0.4) is 0 Å². The van der Waals surface area contributed by atoms with E-state index in [4.69, 9.17) is 14.2 Å². The molecular weight excluding hydrogens is 220 g/mol. The van der Waals surface area contributed by atoms with Crippen LogP contribution in [0.25, 0.3) is 0 Å². The zero-order chi connectivity index (χ0) is 12.7. The van der Waals surface area contributed by atoms with Crippen molar-refractivity contribution >= 4 is 5.97 Å². The van der Waals surface area contributed by atoms with Gasteiger partial charge in [0.15, 0.2) is 0 Å². The molecule has 0 fully saturated rings. The molecule has 0 saturated heterocycles. The molecule has 1 unspecified atom stereocenters. The number of rotatable bonds is 6. The van der Waals surface area contributed by atoms with Gasteiger partial charge in [0, 0.05) is 20.0 Å². The average molecular weight is 238 g/mol. The van der Waals surface area contributed by atoms with Gasteiger partial charge in [-0.3, -0.25) is 4.79 Å². The molecule has 0 N–H and O–H groups in total. The van der Waals surface area contributed by atoms with Gasteiger partial charge in [-0.2, -0.15) is 0 Å². The third-order valence-electron chi connectivity index (χ3n) is 2.21. The maximum atomic E-state index is 10.9. The highest BCUT2D eigenvalue weighted by Gasteiger charge is 2.12. The van der Waals surface area contributed by atoms with Crippen molar-refractivity contribution < 1.29 is 19.0 Å². The van der Waals surface area contributed by atoms with Gasteiger partial charge in [0.25, 0.3) is 0 Å². The van der Waals surface area contributed by atoms with Crippen LogP contribution in [0, 0.1) is 0 Å². The van der Waals surface area contributed by atoms with Gasteiger partial charge in [0.2, 0.25) is 6.29 Å². The van der Waals surface area contributed by atoms with Gasteiger partial charge in [-0.15, -0.1) is 0 Å². The number of carbonyl (C=O) groups excluding carboxylic acids is 1. The van der Waals surface area contributed by atoms with Crippen LogP contribution in [-0.2, 0) is 20.7 Å². The van der Waals surface area contributed by atoms with E-state index in [-0.39, 0.29) is 5.97 Å². The monoisotopic (exact) mass is 238 g/mol. The van der Waals surface area contributed by atoms with E-state index >= 15 is 0 Å². The van der Waals surface area contributed by atoms with Gasteiger partial charge in [0.1, 0.15) is 5.75 Å². The van der Waals surface area contributed by atoms with Gasteiger partial charge >= 0.3 is 5.97 Å². The Bertz CT molecular complexity index is 345. The lowest BCUT2D eigenvalue weighted by molar-refractivity contribution is -0.174. The van der Waals surface area contributed by atoms with Crippen LogP contribution in [0.2, 0.25) is 0 Å². The number of methoxy groups -OCH3 is 1. The Kier molecular flexibility index (Phi) is 5.49. The third kappa shape index (κ3) is 4.87. The SMILES string of the molecule is CCOC(Cc1ccc(OC)cc1)OC(C)=O. The van der Waals surface area contributed by atoms with Gasteiger partial charge in [0.05, 0.1) is 7.11 Å². The Morgan fingerprint density at radius 3 is 2.41 bits per heavy atom. The van der Waals surface area contributed by atoms with E-state index in [1.807, 2.05) is 31.2 Å². The highest BCUT2D eigenvalue weighted by molar-refractivity contribution is 5.66. The van der Waals surface area contributed by atoms with E-state index in [1.165, 1.54) is 6.92 Å². The number of hydrogen-bond acceptors (Lipinski definition) is 4. The molecule has 0 saturated carbocycles. The fourth-order valence-corrected chi connectivity index (χ4v) is 1.46. The minimum Gasteiger partial charge on any atom is -0.497 e. The van der Waals surface area contributed by atoms with Gasteiger partial charge in [-0.05, 0) is 24.6 Å².